The first-order valence-electron chi connectivity index (χ1n) is 13.1. The molecule has 0 saturated carbocycles. The molecular weight excluding hydrogens is 603 g/mol. The molecule has 42 heavy (non-hydrogen) atoms. The maximum atomic E-state index is 12.1. The summed E-state index contributed by atoms with van der Waals surface area (Å²) < 4.78 is 28.3. The van der Waals surface area contributed by atoms with Gasteiger partial charge in [-0.3, -0.25) is 9.59 Å². The first-order valence-corrected chi connectivity index (χ1v) is 16.7. The van der Waals surface area contributed by atoms with Gasteiger partial charge in [-0.05, 0) is 42.6 Å². The number of nitrogens with two attached hydrogens (primary N) is 1. The lowest BCUT2D eigenvalue weighted by Gasteiger charge is -2.17. The molecule has 0 bridgehead atoms. The molecule has 1 heterocycles. The second-order valence-corrected chi connectivity index (χ2v) is 11.8. The number of carbonyl (C=O) groups is 2. The molecule has 1 aliphatic heterocycles. The molecule has 1 saturated heterocycles. The number of nitrogens with zero attached hydrogens (tertiary/aromatic N) is 1. The van der Waals surface area contributed by atoms with Crippen LogP contribution in [0.1, 0.15) is 16.8 Å². The lowest BCUT2D eigenvalue weighted by molar-refractivity contribution is -0.126. The summed E-state index contributed by atoms with van der Waals surface area (Å²) in [4.78, 5) is 24.1. The standard InChI is InChI=1S/C26H36BN4O8S3/c1-40-42-25(16-37-20-5-2-4-19(12-20)26(34)31-9-7-28)36-11-10-35-15-24(33)30-8-3-6-27-23-13-21(22(14-32)39-23)38-18-41-17-29/h2,4-5,12,21-23,25,32H,7-11,13-16,18,28H2,1H3,(H,30,33)(H,31,34)/t21-,22?,23-,25?/m1/s1. The molecule has 0 aliphatic carbocycles. The quantitative estimate of drug-likeness (QED) is 0.0390. The van der Waals surface area contributed by atoms with Crippen LogP contribution in [0.2, 0.25) is 0 Å². The van der Waals surface area contributed by atoms with Crippen LogP contribution < -0.4 is 21.1 Å². The van der Waals surface area contributed by atoms with E-state index in [0.717, 1.165) is 11.8 Å². The molecule has 1 aromatic carbocycles. The predicted molar refractivity (Wildman–Crippen MR) is 165 cm³/mol. The SMILES string of the molecule is CSSC(COc1cccc(C(=O)NCCN)c1)OCCOCC(=O)NCC#C[B][C@H]1C[C@@H](OCSC#N)C(CO)O1. The summed E-state index contributed by atoms with van der Waals surface area (Å²) in [5.74, 6) is 5.91. The zero-order valence-electron chi connectivity index (χ0n) is 23.3. The van der Waals surface area contributed by atoms with E-state index >= 15 is 0 Å². The summed E-state index contributed by atoms with van der Waals surface area (Å²) in [5.41, 5.74) is 5.63. The van der Waals surface area contributed by atoms with Crippen molar-refractivity contribution in [2.75, 3.05) is 64.9 Å². The van der Waals surface area contributed by atoms with Crippen molar-refractivity contribution in [1.29, 1.82) is 5.26 Å². The number of ether oxygens (including phenoxy) is 5. The highest BCUT2D eigenvalue weighted by atomic mass is 33.1. The molecule has 16 heteroatoms. The average molecular weight is 640 g/mol. The van der Waals surface area contributed by atoms with E-state index in [1.54, 1.807) is 31.5 Å². The number of hydrogen-bond acceptors (Lipinski definition) is 13. The minimum atomic E-state index is -0.464. The molecule has 1 radical (unpaired) electrons. The normalized spacial score (nSPS) is 18.3. The van der Waals surface area contributed by atoms with Gasteiger partial charge < -0.3 is 45.2 Å². The topological polar surface area (TPSA) is 174 Å². The Morgan fingerprint density at radius 1 is 1.33 bits per heavy atom. The van der Waals surface area contributed by atoms with Gasteiger partial charge in [-0.15, -0.1) is 0 Å². The predicted octanol–water partition coefficient (Wildman–Crippen LogP) is 0.570. The number of rotatable bonds is 20. The maximum Gasteiger partial charge on any atom is 0.251 e. The molecule has 1 fully saturated rings. The van der Waals surface area contributed by atoms with Gasteiger partial charge in [-0.2, -0.15) is 11.1 Å². The lowest BCUT2D eigenvalue weighted by atomic mass is 9.71. The molecule has 1 aromatic rings. The number of aliphatic hydroxyl groups excluding tert-OH is 1. The summed E-state index contributed by atoms with van der Waals surface area (Å²) in [7, 11) is 4.69. The number of hydrogen-bond donors (Lipinski definition) is 4. The molecular formula is C26H36BN4O8S3. The molecule has 0 spiro atoms. The maximum absolute atomic E-state index is 12.1. The van der Waals surface area contributed by atoms with Crippen LogP contribution in [0, 0.1) is 22.4 Å². The molecule has 2 rings (SSSR count). The Bertz CT molecular complexity index is 1060. The number of carbonyl (C=O) groups excluding carboxylic acids is 2. The smallest absolute Gasteiger partial charge is 0.251 e. The van der Waals surface area contributed by atoms with Crippen LogP contribution in [0.4, 0.5) is 0 Å². The van der Waals surface area contributed by atoms with Gasteiger partial charge in [0.1, 0.15) is 41.8 Å². The van der Waals surface area contributed by atoms with Crippen molar-refractivity contribution in [2.24, 2.45) is 5.73 Å². The van der Waals surface area contributed by atoms with E-state index in [4.69, 9.17) is 34.7 Å². The van der Waals surface area contributed by atoms with E-state index in [1.165, 1.54) is 21.6 Å². The highest BCUT2D eigenvalue weighted by molar-refractivity contribution is 8.76. The van der Waals surface area contributed by atoms with Crippen LogP contribution in [0.15, 0.2) is 24.3 Å². The van der Waals surface area contributed by atoms with Crippen LogP contribution in [0.25, 0.3) is 0 Å². The van der Waals surface area contributed by atoms with E-state index in [9.17, 15) is 14.7 Å². The van der Waals surface area contributed by atoms with Crippen molar-refractivity contribution in [1.82, 2.24) is 10.6 Å². The zero-order chi connectivity index (χ0) is 30.4. The molecule has 5 N–H and O–H groups in total. The monoisotopic (exact) mass is 639 g/mol. The number of benzene rings is 1. The first-order chi connectivity index (χ1) is 20.5. The Kier molecular flexibility index (Phi) is 19.3. The average Bonchev–Trinajstić information content (AvgIpc) is 3.40. The molecule has 0 aromatic heterocycles. The lowest BCUT2D eigenvalue weighted by Crippen LogP contribution is -2.29. The summed E-state index contributed by atoms with van der Waals surface area (Å²) in [6, 6.07) is 6.57. The Labute approximate surface area is 259 Å². The van der Waals surface area contributed by atoms with Crippen LogP contribution in [-0.2, 0) is 23.7 Å². The minimum absolute atomic E-state index is 0.131. The fourth-order valence-electron chi connectivity index (χ4n) is 3.53. The van der Waals surface area contributed by atoms with Gasteiger partial charge in [0.2, 0.25) is 5.91 Å². The van der Waals surface area contributed by atoms with Gasteiger partial charge in [0.15, 0.2) is 0 Å². The molecule has 1 aliphatic rings. The molecule has 12 nitrogen and oxygen atoms in total. The summed E-state index contributed by atoms with van der Waals surface area (Å²) in [5, 5.41) is 25.3. The molecule has 229 valence electrons. The summed E-state index contributed by atoms with van der Waals surface area (Å²) in [6.07, 6.45) is 1.69. The van der Waals surface area contributed by atoms with Crippen LogP contribution in [0.3, 0.4) is 0 Å². The second kappa shape index (κ2) is 22.4. The fourth-order valence-corrected chi connectivity index (χ4v) is 5.29. The third-order valence-corrected chi connectivity index (χ3v) is 7.72. The van der Waals surface area contributed by atoms with Gasteiger partial charge in [-0.1, -0.05) is 33.6 Å². The number of aliphatic hydroxyl groups is 1. The van der Waals surface area contributed by atoms with E-state index in [-0.39, 0.29) is 74.9 Å². The van der Waals surface area contributed by atoms with Gasteiger partial charge in [0.05, 0.1) is 32.5 Å². The number of nitrogens with one attached hydrogen (secondary N) is 2. The zero-order valence-corrected chi connectivity index (χ0v) is 25.8. The third kappa shape index (κ3) is 14.9. The summed E-state index contributed by atoms with van der Waals surface area (Å²) in [6.45, 7) is 1.33. The van der Waals surface area contributed by atoms with Gasteiger partial charge in [-0.25, -0.2) is 0 Å². The van der Waals surface area contributed by atoms with Gasteiger partial charge in [0.25, 0.3) is 13.2 Å². The third-order valence-electron chi connectivity index (χ3n) is 5.44. The van der Waals surface area contributed by atoms with Crippen molar-refractivity contribution >= 4 is 52.4 Å². The highest BCUT2D eigenvalue weighted by Gasteiger charge is 2.35. The minimum Gasteiger partial charge on any atom is -0.490 e. The van der Waals surface area contributed by atoms with Crippen LogP contribution in [0.5, 0.6) is 5.75 Å². The van der Waals surface area contributed by atoms with E-state index in [0.29, 0.717) is 30.8 Å². The van der Waals surface area contributed by atoms with E-state index < -0.39 is 6.10 Å². The van der Waals surface area contributed by atoms with Crippen molar-refractivity contribution in [3.8, 4) is 22.9 Å². The fraction of sp³-hybridized carbons (Fsp3) is 0.577. The van der Waals surface area contributed by atoms with E-state index in [2.05, 4.69) is 22.4 Å². The first kappa shape index (κ1) is 36.1. The Morgan fingerprint density at radius 2 is 2.19 bits per heavy atom. The number of thioether (sulfide) groups is 1. The van der Waals surface area contributed by atoms with E-state index in [1.807, 2.05) is 11.7 Å². The second-order valence-electron chi connectivity index (χ2n) is 8.45. The van der Waals surface area contributed by atoms with Gasteiger partial charge >= 0.3 is 0 Å². The van der Waals surface area contributed by atoms with Crippen molar-refractivity contribution in [3.63, 3.8) is 0 Å². The Balaban J connectivity index is 1.59. The molecule has 2 amide bonds. The van der Waals surface area contributed by atoms with Gasteiger partial charge in [0, 0.05) is 24.7 Å². The number of nitriles is 1. The van der Waals surface area contributed by atoms with Crippen LogP contribution in [-0.4, -0.2) is 113 Å². The highest BCUT2D eigenvalue weighted by Crippen LogP contribution is 2.26. The number of amides is 2. The molecule has 4 atom stereocenters. The van der Waals surface area contributed by atoms with Crippen molar-refractivity contribution in [3.05, 3.63) is 29.8 Å². The van der Waals surface area contributed by atoms with Crippen molar-refractivity contribution in [2.45, 2.75) is 30.1 Å². The van der Waals surface area contributed by atoms with Crippen LogP contribution >= 0.6 is 33.3 Å². The van der Waals surface area contributed by atoms with Crippen molar-refractivity contribution < 1.29 is 38.4 Å². The summed E-state index contributed by atoms with van der Waals surface area (Å²) >= 11 is 0.982. The molecule has 2 unspecified atom stereocenters. The largest absolute Gasteiger partial charge is 0.490 e. The number of thiocyanates is 1. The Hall–Kier alpha value is -2.12. The Morgan fingerprint density at radius 3 is 2.95 bits per heavy atom.